The predicted octanol–water partition coefficient (Wildman–Crippen LogP) is 8.65. The van der Waals surface area contributed by atoms with E-state index in [1.54, 1.807) is 6.92 Å². The van der Waals surface area contributed by atoms with Gasteiger partial charge in [0.05, 0.1) is 6.10 Å². The van der Waals surface area contributed by atoms with Crippen molar-refractivity contribution < 1.29 is 5.11 Å². The molecule has 1 atom stereocenters. The van der Waals surface area contributed by atoms with Crippen molar-refractivity contribution in [3.05, 3.63) is 59.7 Å². The van der Waals surface area contributed by atoms with E-state index in [2.05, 4.69) is 43.3 Å². The number of aliphatic hydroxyl groups is 1. The molecule has 0 aliphatic rings. The summed E-state index contributed by atoms with van der Waals surface area (Å²) >= 11 is 0. The summed E-state index contributed by atoms with van der Waals surface area (Å²) in [6.45, 7) is 4.09. The summed E-state index contributed by atoms with van der Waals surface area (Å²) in [5.74, 6) is 0. The van der Waals surface area contributed by atoms with E-state index in [0.29, 0.717) is 0 Å². The average Bonchev–Trinajstić information content (AvgIpc) is 2.75. The first kappa shape index (κ1) is 23.7. The molecule has 0 saturated heterocycles. The smallest absolute Gasteiger partial charge is 0.0761 e. The molecule has 0 aliphatic carbocycles. The van der Waals surface area contributed by atoms with E-state index < -0.39 is 6.10 Å². The molecule has 2 aromatic rings. The third kappa shape index (κ3) is 9.63. The first-order valence-electron chi connectivity index (χ1n) is 12.1. The Kier molecular flexibility index (Phi) is 11.8. The lowest BCUT2D eigenvalue weighted by atomic mass is 9.99. The van der Waals surface area contributed by atoms with Gasteiger partial charge in [-0.2, -0.15) is 0 Å². The van der Waals surface area contributed by atoms with E-state index >= 15 is 0 Å². The van der Waals surface area contributed by atoms with E-state index in [0.717, 1.165) is 5.56 Å². The Morgan fingerprint density at radius 2 is 1.00 bits per heavy atom. The van der Waals surface area contributed by atoms with Gasteiger partial charge < -0.3 is 5.11 Å². The van der Waals surface area contributed by atoms with Crippen molar-refractivity contribution in [3.8, 4) is 11.1 Å². The van der Waals surface area contributed by atoms with Gasteiger partial charge in [0.25, 0.3) is 0 Å². The van der Waals surface area contributed by atoms with E-state index in [9.17, 15) is 5.11 Å². The van der Waals surface area contributed by atoms with Gasteiger partial charge in [-0.05, 0) is 42.0 Å². The summed E-state index contributed by atoms with van der Waals surface area (Å²) in [7, 11) is 0. The molecule has 1 nitrogen and oxygen atoms in total. The summed E-state index contributed by atoms with van der Waals surface area (Å²) in [5.41, 5.74) is 4.88. The maximum absolute atomic E-state index is 9.63. The van der Waals surface area contributed by atoms with Gasteiger partial charge in [0.15, 0.2) is 0 Å². The Bertz CT molecular complexity index is 639. The lowest BCUT2D eigenvalue weighted by Gasteiger charge is -2.08. The van der Waals surface area contributed by atoms with Crippen LogP contribution in [0, 0.1) is 0 Å². The second kappa shape index (κ2) is 14.4. The van der Waals surface area contributed by atoms with Crippen molar-refractivity contribution in [1.29, 1.82) is 0 Å². The van der Waals surface area contributed by atoms with Crippen LogP contribution in [0.2, 0.25) is 0 Å². The number of rotatable bonds is 15. The van der Waals surface area contributed by atoms with Crippen LogP contribution < -0.4 is 0 Å². The van der Waals surface area contributed by atoms with Crippen molar-refractivity contribution in [2.24, 2.45) is 0 Å². The molecule has 0 aromatic heterocycles. The lowest BCUT2D eigenvalue weighted by molar-refractivity contribution is 0.199. The summed E-state index contributed by atoms with van der Waals surface area (Å²) < 4.78 is 0. The Morgan fingerprint density at radius 3 is 1.45 bits per heavy atom. The Labute approximate surface area is 179 Å². The Balaban J connectivity index is 1.55. The number of hydrogen-bond acceptors (Lipinski definition) is 1. The SMILES string of the molecule is CCCCCCCCCCCCCCc1ccc(-c2ccc(C(C)O)cc2)cc1. The molecule has 1 N–H and O–H groups in total. The highest BCUT2D eigenvalue weighted by Gasteiger charge is 2.02. The van der Waals surface area contributed by atoms with Crippen LogP contribution in [0.1, 0.15) is 108 Å². The molecule has 1 heteroatoms. The molecule has 0 bridgehead atoms. The van der Waals surface area contributed by atoms with Crippen LogP contribution in [0.3, 0.4) is 0 Å². The van der Waals surface area contributed by atoms with Gasteiger partial charge in [-0.3, -0.25) is 0 Å². The van der Waals surface area contributed by atoms with Gasteiger partial charge >= 0.3 is 0 Å². The van der Waals surface area contributed by atoms with Crippen LogP contribution >= 0.6 is 0 Å². The highest BCUT2D eigenvalue weighted by Crippen LogP contribution is 2.23. The fourth-order valence-electron chi connectivity index (χ4n) is 3.99. The monoisotopic (exact) mass is 394 g/mol. The number of aliphatic hydroxyl groups excluding tert-OH is 1. The third-order valence-corrected chi connectivity index (χ3v) is 6.00. The zero-order chi connectivity index (χ0) is 20.7. The van der Waals surface area contributed by atoms with E-state index in [1.165, 1.54) is 100 Å². The maximum Gasteiger partial charge on any atom is 0.0761 e. The summed E-state index contributed by atoms with van der Waals surface area (Å²) in [5, 5.41) is 9.63. The fraction of sp³-hybridized carbons (Fsp3) is 0.571. The second-order valence-corrected chi connectivity index (χ2v) is 8.63. The fourth-order valence-corrected chi connectivity index (χ4v) is 3.99. The number of benzene rings is 2. The summed E-state index contributed by atoms with van der Waals surface area (Å²) in [6, 6.07) is 17.2. The van der Waals surface area contributed by atoms with Crippen molar-refractivity contribution in [2.45, 2.75) is 103 Å². The number of hydrogen-bond donors (Lipinski definition) is 1. The second-order valence-electron chi connectivity index (χ2n) is 8.63. The van der Waals surface area contributed by atoms with Gasteiger partial charge in [0.2, 0.25) is 0 Å². The first-order chi connectivity index (χ1) is 14.2. The summed E-state index contributed by atoms with van der Waals surface area (Å²) in [4.78, 5) is 0. The minimum atomic E-state index is -0.401. The Morgan fingerprint density at radius 1 is 0.586 bits per heavy atom. The normalized spacial score (nSPS) is 12.2. The molecular weight excluding hydrogens is 352 g/mol. The summed E-state index contributed by atoms with van der Waals surface area (Å²) in [6.07, 6.45) is 17.7. The van der Waals surface area contributed by atoms with Crippen molar-refractivity contribution in [2.75, 3.05) is 0 Å². The van der Waals surface area contributed by atoms with Crippen LogP contribution in [-0.4, -0.2) is 5.11 Å². The zero-order valence-corrected chi connectivity index (χ0v) is 18.8. The van der Waals surface area contributed by atoms with Gasteiger partial charge in [0, 0.05) is 0 Å². The minimum absolute atomic E-state index is 0.401. The molecule has 1 unspecified atom stereocenters. The van der Waals surface area contributed by atoms with Crippen LogP contribution in [0.5, 0.6) is 0 Å². The van der Waals surface area contributed by atoms with Crippen LogP contribution in [0.4, 0.5) is 0 Å². The number of aryl methyl sites for hydroxylation is 1. The highest BCUT2D eigenvalue weighted by atomic mass is 16.3. The lowest BCUT2D eigenvalue weighted by Crippen LogP contribution is -1.90. The molecule has 0 saturated carbocycles. The average molecular weight is 395 g/mol. The Hall–Kier alpha value is -1.60. The quantitative estimate of drug-likeness (QED) is 0.300. The van der Waals surface area contributed by atoms with E-state index in [1.807, 2.05) is 12.1 Å². The molecule has 0 amide bonds. The van der Waals surface area contributed by atoms with Gasteiger partial charge in [-0.25, -0.2) is 0 Å². The minimum Gasteiger partial charge on any atom is -0.389 e. The van der Waals surface area contributed by atoms with Crippen LogP contribution in [0.25, 0.3) is 11.1 Å². The molecule has 0 fully saturated rings. The molecule has 160 valence electrons. The van der Waals surface area contributed by atoms with Crippen molar-refractivity contribution in [3.63, 3.8) is 0 Å². The zero-order valence-electron chi connectivity index (χ0n) is 18.8. The topological polar surface area (TPSA) is 20.2 Å². The van der Waals surface area contributed by atoms with E-state index in [4.69, 9.17) is 0 Å². The molecule has 0 heterocycles. The predicted molar refractivity (Wildman–Crippen MR) is 127 cm³/mol. The maximum atomic E-state index is 9.63. The first-order valence-corrected chi connectivity index (χ1v) is 12.1. The molecular formula is C28H42O. The third-order valence-electron chi connectivity index (χ3n) is 6.00. The molecule has 0 spiro atoms. The number of unbranched alkanes of at least 4 members (excludes halogenated alkanes) is 11. The van der Waals surface area contributed by atoms with Crippen LogP contribution in [0.15, 0.2) is 48.5 Å². The van der Waals surface area contributed by atoms with Crippen molar-refractivity contribution in [1.82, 2.24) is 0 Å². The molecule has 2 aromatic carbocycles. The molecule has 0 aliphatic heterocycles. The van der Waals surface area contributed by atoms with E-state index in [-0.39, 0.29) is 0 Å². The van der Waals surface area contributed by atoms with Gasteiger partial charge in [-0.1, -0.05) is 126 Å². The van der Waals surface area contributed by atoms with Crippen LogP contribution in [-0.2, 0) is 6.42 Å². The van der Waals surface area contributed by atoms with Crippen molar-refractivity contribution >= 4 is 0 Å². The largest absolute Gasteiger partial charge is 0.389 e. The molecule has 29 heavy (non-hydrogen) atoms. The highest BCUT2D eigenvalue weighted by molar-refractivity contribution is 5.64. The molecule has 0 radical (unpaired) electrons. The van der Waals surface area contributed by atoms with Gasteiger partial charge in [0.1, 0.15) is 0 Å². The standard InChI is InChI=1S/C28H42O/c1-3-4-5-6-7-8-9-10-11-12-13-14-15-25-16-18-27(19-17-25)28-22-20-26(21-23-28)24(2)29/h16-24,29H,3-15H2,1-2H3. The van der Waals surface area contributed by atoms with Gasteiger partial charge in [-0.15, -0.1) is 0 Å². The molecule has 2 rings (SSSR count).